The number of benzene rings is 1. The molecule has 1 fully saturated rings. The molecule has 2 atom stereocenters. The van der Waals surface area contributed by atoms with Gasteiger partial charge in [0.15, 0.2) is 0 Å². The van der Waals surface area contributed by atoms with Crippen molar-refractivity contribution in [2.75, 3.05) is 13.1 Å². The summed E-state index contributed by atoms with van der Waals surface area (Å²) in [6.45, 7) is 3.79. The highest BCUT2D eigenvalue weighted by Gasteiger charge is 2.24. The molecule has 0 spiro atoms. The third-order valence-electron chi connectivity index (χ3n) is 3.41. The Balaban J connectivity index is 2.02. The SMILES string of the molecule is CCC(NC(=O)C1CCNC1)c1cccc(Cl)c1. The van der Waals surface area contributed by atoms with E-state index in [1.54, 1.807) is 0 Å². The average Bonchev–Trinajstić information content (AvgIpc) is 2.89. The van der Waals surface area contributed by atoms with Crippen LogP contribution >= 0.6 is 11.6 Å². The van der Waals surface area contributed by atoms with Crippen LogP contribution in [0.2, 0.25) is 5.02 Å². The summed E-state index contributed by atoms with van der Waals surface area (Å²) in [6.07, 6.45) is 1.80. The first kappa shape index (κ1) is 13.4. The summed E-state index contributed by atoms with van der Waals surface area (Å²) >= 11 is 5.99. The first-order chi connectivity index (χ1) is 8.70. The summed E-state index contributed by atoms with van der Waals surface area (Å²) in [7, 11) is 0. The van der Waals surface area contributed by atoms with Crippen molar-refractivity contribution >= 4 is 17.5 Å². The zero-order valence-corrected chi connectivity index (χ0v) is 11.3. The van der Waals surface area contributed by atoms with E-state index in [9.17, 15) is 4.79 Å². The molecule has 0 bridgehead atoms. The predicted molar refractivity (Wildman–Crippen MR) is 73.6 cm³/mol. The van der Waals surface area contributed by atoms with Gasteiger partial charge in [0.2, 0.25) is 5.91 Å². The van der Waals surface area contributed by atoms with Crippen LogP contribution < -0.4 is 10.6 Å². The van der Waals surface area contributed by atoms with Crippen LogP contribution in [0.25, 0.3) is 0 Å². The third-order valence-corrected chi connectivity index (χ3v) is 3.64. The van der Waals surface area contributed by atoms with Crippen molar-refractivity contribution in [3.63, 3.8) is 0 Å². The van der Waals surface area contributed by atoms with E-state index in [0.717, 1.165) is 31.5 Å². The van der Waals surface area contributed by atoms with E-state index >= 15 is 0 Å². The maximum atomic E-state index is 12.1. The van der Waals surface area contributed by atoms with E-state index in [0.29, 0.717) is 5.02 Å². The highest BCUT2D eigenvalue weighted by Crippen LogP contribution is 2.21. The monoisotopic (exact) mass is 266 g/mol. The van der Waals surface area contributed by atoms with Crippen LogP contribution in [0, 0.1) is 5.92 Å². The summed E-state index contributed by atoms with van der Waals surface area (Å²) in [6, 6.07) is 7.75. The first-order valence-electron chi connectivity index (χ1n) is 6.47. The van der Waals surface area contributed by atoms with Crippen LogP contribution in [0.4, 0.5) is 0 Å². The minimum absolute atomic E-state index is 0.0526. The second kappa shape index (κ2) is 6.21. The van der Waals surface area contributed by atoms with Crippen LogP contribution in [0.5, 0.6) is 0 Å². The van der Waals surface area contributed by atoms with Gasteiger partial charge in [0.1, 0.15) is 0 Å². The molecule has 0 aromatic heterocycles. The van der Waals surface area contributed by atoms with Crippen molar-refractivity contribution in [3.8, 4) is 0 Å². The van der Waals surface area contributed by atoms with E-state index in [4.69, 9.17) is 11.6 Å². The van der Waals surface area contributed by atoms with Gasteiger partial charge in [0, 0.05) is 11.6 Å². The quantitative estimate of drug-likeness (QED) is 0.879. The van der Waals surface area contributed by atoms with Crippen LogP contribution in [0.15, 0.2) is 24.3 Å². The predicted octanol–water partition coefficient (Wildman–Crippen LogP) is 2.52. The molecule has 2 unspecified atom stereocenters. The van der Waals surface area contributed by atoms with Crippen molar-refractivity contribution in [2.24, 2.45) is 5.92 Å². The van der Waals surface area contributed by atoms with E-state index < -0.39 is 0 Å². The summed E-state index contributed by atoms with van der Waals surface area (Å²) in [5.41, 5.74) is 1.07. The molecule has 3 nitrogen and oxygen atoms in total. The number of carbonyl (C=O) groups excluding carboxylic acids is 1. The maximum absolute atomic E-state index is 12.1. The molecule has 0 aliphatic carbocycles. The molecular weight excluding hydrogens is 248 g/mol. The number of hydrogen-bond acceptors (Lipinski definition) is 2. The lowest BCUT2D eigenvalue weighted by atomic mass is 10.0. The van der Waals surface area contributed by atoms with Gasteiger partial charge in [-0.15, -0.1) is 0 Å². The molecule has 1 aromatic carbocycles. The lowest BCUT2D eigenvalue weighted by Crippen LogP contribution is -2.34. The van der Waals surface area contributed by atoms with Crippen molar-refractivity contribution in [3.05, 3.63) is 34.9 Å². The Labute approximate surface area is 113 Å². The maximum Gasteiger partial charge on any atom is 0.224 e. The highest BCUT2D eigenvalue weighted by molar-refractivity contribution is 6.30. The van der Waals surface area contributed by atoms with E-state index in [-0.39, 0.29) is 17.9 Å². The van der Waals surface area contributed by atoms with Gasteiger partial charge < -0.3 is 10.6 Å². The molecule has 1 aliphatic rings. The summed E-state index contributed by atoms with van der Waals surface area (Å²) in [5.74, 6) is 0.255. The second-order valence-corrected chi connectivity index (χ2v) is 5.15. The summed E-state index contributed by atoms with van der Waals surface area (Å²) in [5, 5.41) is 7.04. The highest BCUT2D eigenvalue weighted by atomic mass is 35.5. The summed E-state index contributed by atoms with van der Waals surface area (Å²) in [4.78, 5) is 12.1. The Bertz CT molecular complexity index is 416. The number of amides is 1. The third kappa shape index (κ3) is 3.24. The minimum Gasteiger partial charge on any atom is -0.349 e. The second-order valence-electron chi connectivity index (χ2n) is 4.71. The molecule has 98 valence electrons. The largest absolute Gasteiger partial charge is 0.349 e. The van der Waals surface area contributed by atoms with Crippen LogP contribution in [-0.4, -0.2) is 19.0 Å². The molecule has 4 heteroatoms. The van der Waals surface area contributed by atoms with Gasteiger partial charge in [-0.3, -0.25) is 4.79 Å². The standard InChI is InChI=1S/C14H19ClN2O/c1-2-13(10-4-3-5-12(15)8-10)17-14(18)11-6-7-16-9-11/h3-5,8,11,13,16H,2,6-7,9H2,1H3,(H,17,18). The Kier molecular flexibility index (Phi) is 4.61. The molecule has 2 N–H and O–H groups in total. The molecular formula is C14H19ClN2O. The lowest BCUT2D eigenvalue weighted by Gasteiger charge is -2.20. The smallest absolute Gasteiger partial charge is 0.224 e. The van der Waals surface area contributed by atoms with Crippen molar-refractivity contribution in [1.29, 1.82) is 0 Å². The zero-order valence-electron chi connectivity index (χ0n) is 10.6. The van der Waals surface area contributed by atoms with E-state index in [1.807, 2.05) is 24.3 Å². The van der Waals surface area contributed by atoms with Gasteiger partial charge in [-0.2, -0.15) is 0 Å². The average molecular weight is 267 g/mol. The molecule has 0 saturated carbocycles. The Morgan fingerprint density at radius 3 is 3.06 bits per heavy atom. The number of rotatable bonds is 4. The number of carbonyl (C=O) groups is 1. The molecule has 1 aromatic rings. The topological polar surface area (TPSA) is 41.1 Å². The molecule has 0 radical (unpaired) electrons. The van der Waals surface area contributed by atoms with E-state index in [1.165, 1.54) is 0 Å². The zero-order chi connectivity index (χ0) is 13.0. The summed E-state index contributed by atoms with van der Waals surface area (Å²) < 4.78 is 0. The van der Waals surface area contributed by atoms with Crippen molar-refractivity contribution in [1.82, 2.24) is 10.6 Å². The number of nitrogens with one attached hydrogen (secondary N) is 2. The van der Waals surface area contributed by atoms with Gasteiger partial charge >= 0.3 is 0 Å². The van der Waals surface area contributed by atoms with Crippen molar-refractivity contribution < 1.29 is 4.79 Å². The fourth-order valence-electron chi connectivity index (χ4n) is 2.31. The van der Waals surface area contributed by atoms with Gasteiger partial charge in [-0.1, -0.05) is 30.7 Å². The Hall–Kier alpha value is -1.06. The van der Waals surface area contributed by atoms with Gasteiger partial charge in [-0.25, -0.2) is 0 Å². The van der Waals surface area contributed by atoms with E-state index in [2.05, 4.69) is 17.6 Å². The number of halogens is 1. The van der Waals surface area contributed by atoms with Gasteiger partial charge in [0.05, 0.1) is 12.0 Å². The normalized spacial score (nSPS) is 20.7. The minimum atomic E-state index is 0.0526. The molecule has 1 heterocycles. The fourth-order valence-corrected chi connectivity index (χ4v) is 2.51. The molecule has 18 heavy (non-hydrogen) atoms. The molecule has 1 aliphatic heterocycles. The molecule has 1 saturated heterocycles. The Morgan fingerprint density at radius 2 is 2.44 bits per heavy atom. The number of hydrogen-bond donors (Lipinski definition) is 2. The molecule has 1 amide bonds. The first-order valence-corrected chi connectivity index (χ1v) is 6.85. The van der Waals surface area contributed by atoms with Crippen LogP contribution in [-0.2, 0) is 4.79 Å². The lowest BCUT2D eigenvalue weighted by molar-refractivity contribution is -0.125. The van der Waals surface area contributed by atoms with Gasteiger partial charge in [-0.05, 0) is 37.1 Å². The van der Waals surface area contributed by atoms with Crippen LogP contribution in [0.1, 0.15) is 31.4 Å². The van der Waals surface area contributed by atoms with Crippen LogP contribution in [0.3, 0.4) is 0 Å². The van der Waals surface area contributed by atoms with Crippen molar-refractivity contribution in [2.45, 2.75) is 25.8 Å². The fraction of sp³-hybridized carbons (Fsp3) is 0.500. The van der Waals surface area contributed by atoms with Gasteiger partial charge in [0.25, 0.3) is 0 Å². The molecule has 2 rings (SSSR count). The Morgan fingerprint density at radius 1 is 1.61 bits per heavy atom.